The number of hydrogen-bond acceptors (Lipinski definition) is 4. The predicted molar refractivity (Wildman–Crippen MR) is 59.7 cm³/mol. The second-order valence-electron chi connectivity index (χ2n) is 3.14. The second kappa shape index (κ2) is 4.20. The average Bonchev–Trinajstić information content (AvgIpc) is 2.14. The van der Waals surface area contributed by atoms with Gasteiger partial charge in [-0.3, -0.25) is 4.79 Å². The maximum Gasteiger partial charge on any atom is 0.197 e. The minimum atomic E-state index is -3.59. The van der Waals surface area contributed by atoms with Crippen molar-refractivity contribution >= 4 is 32.9 Å². The van der Waals surface area contributed by atoms with E-state index in [1.54, 1.807) is 12.1 Å². The van der Waals surface area contributed by atoms with Crippen LogP contribution in [0.1, 0.15) is 10.4 Å². The molecule has 0 aliphatic carbocycles. The Bertz CT molecular complexity index is 484. The molecule has 2 N–H and O–H groups in total. The number of anilines is 1. The van der Waals surface area contributed by atoms with E-state index in [1.165, 1.54) is 12.1 Å². The molecule has 15 heavy (non-hydrogen) atoms. The van der Waals surface area contributed by atoms with Crippen LogP contribution in [0, 0.1) is 0 Å². The molecule has 1 aromatic carbocycles. The van der Waals surface area contributed by atoms with Crippen molar-refractivity contribution in [3.63, 3.8) is 0 Å². The Labute approximate surface area is 93.0 Å². The quantitative estimate of drug-likeness (QED) is 0.492. The fourth-order valence-electron chi connectivity index (χ4n) is 1.02. The first kappa shape index (κ1) is 12.0. The number of nitrogens with two attached hydrogens (primary N) is 1. The number of carbonyl (C=O) groups excluding carboxylic acids is 1. The van der Waals surface area contributed by atoms with Crippen LogP contribution in [-0.4, -0.2) is 25.2 Å². The van der Waals surface area contributed by atoms with Gasteiger partial charge in [-0.2, -0.15) is 0 Å². The average molecular weight is 248 g/mol. The zero-order valence-corrected chi connectivity index (χ0v) is 9.55. The van der Waals surface area contributed by atoms with Crippen molar-refractivity contribution < 1.29 is 13.2 Å². The van der Waals surface area contributed by atoms with E-state index < -0.39 is 20.3 Å². The molecule has 0 amide bonds. The molecule has 0 heterocycles. The number of sulfone groups is 1. The molecule has 1 aromatic rings. The lowest BCUT2D eigenvalue weighted by atomic mass is 10.1. The van der Waals surface area contributed by atoms with Crippen molar-refractivity contribution in [2.24, 2.45) is 0 Å². The van der Waals surface area contributed by atoms with Gasteiger partial charge in [0.2, 0.25) is 0 Å². The predicted octanol–water partition coefficient (Wildman–Crippen LogP) is 1.06. The summed E-state index contributed by atoms with van der Waals surface area (Å²) in [5.74, 6) is -0.661. The zero-order chi connectivity index (χ0) is 11.6. The molecule has 0 fully saturated rings. The minimum absolute atomic E-state index is 0.195. The van der Waals surface area contributed by atoms with Gasteiger partial charge < -0.3 is 5.73 Å². The molecule has 0 aliphatic rings. The summed E-state index contributed by atoms with van der Waals surface area (Å²) in [6.45, 7) is 0. The van der Waals surface area contributed by atoms with Crippen molar-refractivity contribution in [2.75, 3.05) is 12.0 Å². The van der Waals surface area contributed by atoms with Crippen LogP contribution in [0.15, 0.2) is 24.3 Å². The number of Topliss-reactive ketones (excluding diaryl/α,β-unsaturated/α-hetero) is 1. The van der Waals surface area contributed by atoms with Crippen LogP contribution in [0.4, 0.5) is 5.69 Å². The van der Waals surface area contributed by atoms with Crippen molar-refractivity contribution in [3.8, 4) is 0 Å². The first-order chi connectivity index (χ1) is 6.82. The van der Waals surface area contributed by atoms with Gasteiger partial charge in [0.15, 0.2) is 20.3 Å². The summed E-state index contributed by atoms with van der Waals surface area (Å²) in [5, 5.41) is 0. The molecule has 1 rings (SSSR count). The van der Waals surface area contributed by atoms with Crippen LogP contribution < -0.4 is 5.73 Å². The van der Waals surface area contributed by atoms with Crippen LogP contribution >= 0.6 is 11.6 Å². The Balaban J connectivity index is 3.06. The number of nitrogen functional groups attached to an aromatic ring is 1. The standard InChI is InChI=1S/C9H10ClNO3S/c1-15(13,14)9(10)8(12)6-3-2-4-7(11)5-6/h2-5,9H,11H2,1H3/t9-/m1/s1. The molecule has 0 spiro atoms. The lowest BCUT2D eigenvalue weighted by molar-refractivity contribution is 0.101. The van der Waals surface area contributed by atoms with Crippen LogP contribution in [0.25, 0.3) is 0 Å². The summed E-state index contributed by atoms with van der Waals surface area (Å²) >= 11 is 5.52. The topological polar surface area (TPSA) is 77.2 Å². The second-order valence-corrected chi connectivity index (χ2v) is 5.96. The monoisotopic (exact) mass is 247 g/mol. The molecule has 4 nitrogen and oxygen atoms in total. The Hall–Kier alpha value is -1.07. The van der Waals surface area contributed by atoms with Crippen LogP contribution in [0.3, 0.4) is 0 Å². The van der Waals surface area contributed by atoms with Gasteiger partial charge in [-0.05, 0) is 12.1 Å². The first-order valence-electron chi connectivity index (χ1n) is 4.05. The van der Waals surface area contributed by atoms with E-state index in [4.69, 9.17) is 17.3 Å². The fraction of sp³-hybridized carbons (Fsp3) is 0.222. The molecule has 82 valence electrons. The van der Waals surface area contributed by atoms with E-state index in [0.29, 0.717) is 5.69 Å². The molecule has 6 heteroatoms. The third-order valence-electron chi connectivity index (χ3n) is 1.75. The number of benzene rings is 1. The molecule has 1 atom stereocenters. The van der Waals surface area contributed by atoms with E-state index in [-0.39, 0.29) is 5.56 Å². The van der Waals surface area contributed by atoms with Crippen LogP contribution in [0.5, 0.6) is 0 Å². The number of halogens is 1. The molecule has 0 radical (unpaired) electrons. The van der Waals surface area contributed by atoms with Gasteiger partial charge in [0.05, 0.1) is 0 Å². The highest BCUT2D eigenvalue weighted by molar-refractivity contribution is 7.93. The molecule has 0 unspecified atom stereocenters. The van der Waals surface area contributed by atoms with Gasteiger partial charge in [0.25, 0.3) is 0 Å². The van der Waals surface area contributed by atoms with Crippen molar-refractivity contribution in [1.29, 1.82) is 0 Å². The maximum absolute atomic E-state index is 11.6. The first-order valence-corrected chi connectivity index (χ1v) is 6.44. The number of carbonyl (C=O) groups is 1. The number of rotatable bonds is 3. The Morgan fingerprint density at radius 3 is 2.53 bits per heavy atom. The fourth-order valence-corrected chi connectivity index (χ4v) is 1.67. The number of alkyl halides is 1. The molecular formula is C9H10ClNO3S. The Morgan fingerprint density at radius 1 is 1.47 bits per heavy atom. The molecule has 0 aromatic heterocycles. The van der Waals surface area contributed by atoms with E-state index in [0.717, 1.165) is 6.26 Å². The summed E-state index contributed by atoms with van der Waals surface area (Å²) in [4.78, 5) is 11.6. The largest absolute Gasteiger partial charge is 0.399 e. The van der Waals surface area contributed by atoms with Gasteiger partial charge in [0.1, 0.15) is 0 Å². The van der Waals surface area contributed by atoms with Crippen molar-refractivity contribution in [2.45, 2.75) is 4.71 Å². The lowest BCUT2D eigenvalue weighted by Crippen LogP contribution is -2.23. The van der Waals surface area contributed by atoms with E-state index in [1.807, 2.05) is 0 Å². The maximum atomic E-state index is 11.6. The minimum Gasteiger partial charge on any atom is -0.399 e. The third kappa shape index (κ3) is 2.94. The number of ketones is 1. The highest BCUT2D eigenvalue weighted by atomic mass is 35.5. The van der Waals surface area contributed by atoms with Crippen molar-refractivity contribution in [1.82, 2.24) is 0 Å². The highest BCUT2D eigenvalue weighted by Crippen LogP contribution is 2.15. The van der Waals surface area contributed by atoms with Crippen LogP contribution in [0.2, 0.25) is 0 Å². The lowest BCUT2D eigenvalue weighted by Gasteiger charge is -2.06. The SMILES string of the molecule is CS(=O)(=O)[C@@H](Cl)C(=O)c1cccc(N)c1. The highest BCUT2D eigenvalue weighted by Gasteiger charge is 2.27. The van der Waals surface area contributed by atoms with Crippen LogP contribution in [-0.2, 0) is 9.84 Å². The van der Waals surface area contributed by atoms with E-state index in [9.17, 15) is 13.2 Å². The van der Waals surface area contributed by atoms with Gasteiger partial charge in [-0.15, -0.1) is 0 Å². The third-order valence-corrected chi connectivity index (χ3v) is 3.89. The number of hydrogen-bond donors (Lipinski definition) is 1. The molecule has 0 bridgehead atoms. The smallest absolute Gasteiger partial charge is 0.197 e. The molecule has 0 saturated heterocycles. The van der Waals surface area contributed by atoms with Gasteiger partial charge in [-0.25, -0.2) is 8.42 Å². The Kier molecular flexibility index (Phi) is 3.36. The van der Waals surface area contributed by atoms with E-state index in [2.05, 4.69) is 0 Å². The van der Waals surface area contributed by atoms with Gasteiger partial charge >= 0.3 is 0 Å². The van der Waals surface area contributed by atoms with E-state index >= 15 is 0 Å². The summed E-state index contributed by atoms with van der Waals surface area (Å²) in [6, 6.07) is 6.02. The zero-order valence-electron chi connectivity index (χ0n) is 7.98. The summed E-state index contributed by atoms with van der Waals surface area (Å²) in [5.41, 5.74) is 6.04. The summed E-state index contributed by atoms with van der Waals surface area (Å²) in [7, 11) is -3.59. The molecular weight excluding hydrogens is 238 g/mol. The normalized spacial score (nSPS) is 13.5. The summed E-state index contributed by atoms with van der Waals surface area (Å²) in [6.07, 6.45) is 0.912. The van der Waals surface area contributed by atoms with Gasteiger partial charge in [-0.1, -0.05) is 23.7 Å². The molecule has 0 aliphatic heterocycles. The van der Waals surface area contributed by atoms with Gasteiger partial charge in [0, 0.05) is 17.5 Å². The Morgan fingerprint density at radius 2 is 2.07 bits per heavy atom. The summed E-state index contributed by atoms with van der Waals surface area (Å²) < 4.78 is 20.5. The molecule has 0 saturated carbocycles. The van der Waals surface area contributed by atoms with Crippen molar-refractivity contribution in [3.05, 3.63) is 29.8 Å².